The maximum Gasteiger partial charge on any atom is 0.255 e. The number of anilines is 1. The maximum atomic E-state index is 15.7. The van der Waals surface area contributed by atoms with Gasteiger partial charge in [-0.1, -0.05) is 45.6 Å². The molecule has 0 unspecified atom stereocenters. The van der Waals surface area contributed by atoms with E-state index in [1.165, 1.54) is 18.4 Å². The van der Waals surface area contributed by atoms with Crippen molar-refractivity contribution in [2.45, 2.75) is 76.8 Å². The Morgan fingerprint density at radius 1 is 0.980 bits per heavy atom. The van der Waals surface area contributed by atoms with Crippen molar-refractivity contribution < 1.29 is 32.7 Å². The van der Waals surface area contributed by atoms with Gasteiger partial charge < -0.3 is 34.9 Å². The lowest BCUT2D eigenvalue weighted by Crippen LogP contribution is -2.55. The number of nitrogens with zero attached hydrogens (tertiary/aromatic N) is 2. The number of hydrogen-bond acceptors (Lipinski definition) is 7. The van der Waals surface area contributed by atoms with Crippen LogP contribution < -0.4 is 20.7 Å². The molecule has 2 aromatic carbocycles. The summed E-state index contributed by atoms with van der Waals surface area (Å²) in [6.07, 6.45) is 7.06. The van der Waals surface area contributed by atoms with Crippen molar-refractivity contribution in [2.24, 2.45) is 5.92 Å². The molecule has 0 spiro atoms. The molecule has 4 amide bonds. The third kappa shape index (κ3) is 8.59. The molecule has 49 heavy (non-hydrogen) atoms. The molecule has 1 aliphatic carbocycles. The summed E-state index contributed by atoms with van der Waals surface area (Å²) in [6.45, 7) is 6.05. The molecule has 11 nitrogen and oxygen atoms in total. The Morgan fingerprint density at radius 3 is 2.35 bits per heavy atom. The van der Waals surface area contributed by atoms with Crippen LogP contribution in [0.5, 0.6) is 5.75 Å². The molecule has 264 valence electrons. The van der Waals surface area contributed by atoms with Crippen LogP contribution in [0.1, 0.15) is 80.6 Å². The van der Waals surface area contributed by atoms with Crippen molar-refractivity contribution in [3.63, 3.8) is 0 Å². The fraction of sp³-hybridized carbons (Fsp3) is 0.514. The summed E-state index contributed by atoms with van der Waals surface area (Å²) in [7, 11) is 3.54. The van der Waals surface area contributed by atoms with Crippen molar-refractivity contribution in [3.05, 3.63) is 59.6 Å². The number of piperazine rings is 1. The Bertz CT molecular complexity index is 1640. The van der Waals surface area contributed by atoms with E-state index in [0.717, 1.165) is 51.6 Å². The van der Waals surface area contributed by atoms with E-state index in [9.17, 15) is 19.2 Å². The predicted octanol–water partition coefficient (Wildman–Crippen LogP) is 5.06. The van der Waals surface area contributed by atoms with Crippen molar-refractivity contribution in [2.75, 3.05) is 45.7 Å². The molecule has 2 heterocycles. The van der Waals surface area contributed by atoms with Crippen LogP contribution in [0.3, 0.4) is 0 Å². The topological polar surface area (TPSA) is 133 Å². The van der Waals surface area contributed by atoms with Crippen LogP contribution in [0.2, 0.25) is 0 Å². The van der Waals surface area contributed by atoms with E-state index >= 15 is 4.39 Å². The molecular formula is C37H48FN5O6. The molecule has 5 rings (SSSR count). The number of furan rings is 1. The third-order valence-corrected chi connectivity index (χ3v) is 9.96. The molecule has 1 saturated carbocycles. The van der Waals surface area contributed by atoms with Gasteiger partial charge in [0, 0.05) is 50.0 Å². The van der Waals surface area contributed by atoms with Gasteiger partial charge in [-0.3, -0.25) is 19.2 Å². The highest BCUT2D eigenvalue weighted by Gasteiger charge is 2.34. The van der Waals surface area contributed by atoms with Crippen LogP contribution in [-0.4, -0.2) is 85.8 Å². The van der Waals surface area contributed by atoms with Gasteiger partial charge >= 0.3 is 0 Å². The Balaban J connectivity index is 1.34. The minimum absolute atomic E-state index is 0.0331. The molecule has 2 aliphatic rings. The van der Waals surface area contributed by atoms with E-state index in [0.29, 0.717) is 40.9 Å². The number of nitrogens with one attached hydrogen (secondary N) is 3. The van der Waals surface area contributed by atoms with Crippen LogP contribution >= 0.6 is 0 Å². The molecular weight excluding hydrogens is 629 g/mol. The lowest BCUT2D eigenvalue weighted by molar-refractivity contribution is -0.138. The number of ether oxygens (including phenoxy) is 1. The zero-order valence-corrected chi connectivity index (χ0v) is 28.9. The lowest BCUT2D eigenvalue weighted by atomic mass is 9.90. The molecule has 1 saturated heterocycles. The molecule has 3 N–H and O–H groups in total. The van der Waals surface area contributed by atoms with Gasteiger partial charge in [-0.2, -0.15) is 0 Å². The van der Waals surface area contributed by atoms with Crippen LogP contribution in [-0.2, 0) is 14.4 Å². The standard InChI is InChI=1S/C37H48FN5O6/c1-5-32(44)40-33(37(47)43-18-16-42(3)17-19-43)23(2)25-12-15-30(29(38)20-25)39-36(46)34(24-10-8-6-7-9-11-24)41-35(45)28-22-49-31-21-26(48-4)13-14-27(28)31/h12-15,20-24,33-34H,5-11,16-19H2,1-4H3,(H,39,46)(H,40,44)(H,41,45)/t23-,33+,34-/m0/s1. The van der Waals surface area contributed by atoms with E-state index < -0.39 is 35.6 Å². The van der Waals surface area contributed by atoms with Gasteiger partial charge in [0.1, 0.15) is 35.5 Å². The smallest absolute Gasteiger partial charge is 0.255 e. The SMILES string of the molecule is CCC(=O)N[C@@H](C(=O)N1CCN(C)CC1)[C@@H](C)c1ccc(NC(=O)[C@@H](NC(=O)c2coc3cc(OC)ccc23)C2CCCCCC2)c(F)c1. The predicted molar refractivity (Wildman–Crippen MR) is 185 cm³/mol. The molecule has 3 atom stereocenters. The number of likely N-dealkylation sites (N-methyl/N-ethyl adjacent to an activating group) is 1. The first-order chi connectivity index (χ1) is 23.6. The van der Waals surface area contributed by atoms with Crippen molar-refractivity contribution in [1.29, 1.82) is 0 Å². The number of carbonyl (C=O) groups excluding carboxylic acids is 4. The lowest BCUT2D eigenvalue weighted by Gasteiger charge is -2.36. The fourth-order valence-electron chi connectivity index (χ4n) is 6.79. The van der Waals surface area contributed by atoms with Gasteiger partial charge in [0.2, 0.25) is 17.7 Å². The molecule has 2 fully saturated rings. The third-order valence-electron chi connectivity index (χ3n) is 9.96. The second kappa shape index (κ2) is 16.3. The summed E-state index contributed by atoms with van der Waals surface area (Å²) in [5.41, 5.74) is 1.26. The first kappa shape index (κ1) is 35.8. The minimum Gasteiger partial charge on any atom is -0.497 e. The van der Waals surface area contributed by atoms with Gasteiger partial charge in [-0.05, 0) is 55.6 Å². The fourth-order valence-corrected chi connectivity index (χ4v) is 6.79. The summed E-state index contributed by atoms with van der Waals surface area (Å²) in [4.78, 5) is 57.4. The quantitative estimate of drug-likeness (QED) is 0.242. The van der Waals surface area contributed by atoms with Gasteiger partial charge in [0.15, 0.2) is 0 Å². The van der Waals surface area contributed by atoms with Gasteiger partial charge in [0.25, 0.3) is 5.91 Å². The summed E-state index contributed by atoms with van der Waals surface area (Å²) >= 11 is 0. The number of carbonyl (C=O) groups is 4. The normalized spacial score (nSPS) is 17.9. The highest BCUT2D eigenvalue weighted by Crippen LogP contribution is 2.30. The molecule has 0 radical (unpaired) electrons. The van der Waals surface area contributed by atoms with E-state index in [-0.39, 0.29) is 29.8 Å². The molecule has 3 aromatic rings. The van der Waals surface area contributed by atoms with Crippen molar-refractivity contribution in [3.8, 4) is 5.75 Å². The molecule has 1 aromatic heterocycles. The molecule has 0 bridgehead atoms. The average molecular weight is 678 g/mol. The number of fused-ring (bicyclic) bond motifs is 1. The monoisotopic (exact) mass is 677 g/mol. The first-order valence-electron chi connectivity index (χ1n) is 17.3. The Labute approximate surface area is 286 Å². The number of halogens is 1. The highest BCUT2D eigenvalue weighted by atomic mass is 19.1. The zero-order valence-electron chi connectivity index (χ0n) is 28.9. The van der Waals surface area contributed by atoms with Crippen LogP contribution in [0.15, 0.2) is 47.1 Å². The summed E-state index contributed by atoms with van der Waals surface area (Å²) in [6, 6.07) is 7.83. The van der Waals surface area contributed by atoms with Gasteiger partial charge in [-0.25, -0.2) is 4.39 Å². The van der Waals surface area contributed by atoms with E-state index in [1.807, 2.05) is 7.05 Å². The highest BCUT2D eigenvalue weighted by molar-refractivity contribution is 6.08. The van der Waals surface area contributed by atoms with Crippen molar-refractivity contribution in [1.82, 2.24) is 20.4 Å². The average Bonchev–Trinajstić information content (AvgIpc) is 3.35. The zero-order chi connectivity index (χ0) is 35.1. The van der Waals surface area contributed by atoms with Crippen molar-refractivity contribution >= 4 is 40.3 Å². The second-order valence-electron chi connectivity index (χ2n) is 13.3. The number of rotatable bonds is 11. The van der Waals surface area contributed by atoms with Gasteiger partial charge in [0.05, 0.1) is 18.4 Å². The Morgan fingerprint density at radius 2 is 1.69 bits per heavy atom. The Hall–Kier alpha value is -4.45. The first-order valence-corrected chi connectivity index (χ1v) is 17.3. The Kier molecular flexibility index (Phi) is 11.9. The van der Waals surface area contributed by atoms with E-state index in [4.69, 9.17) is 9.15 Å². The molecule has 1 aliphatic heterocycles. The summed E-state index contributed by atoms with van der Waals surface area (Å²) in [5.74, 6) is -2.18. The van der Waals surface area contributed by atoms with Crippen LogP contribution in [0, 0.1) is 11.7 Å². The van der Waals surface area contributed by atoms with E-state index in [1.54, 1.807) is 50.1 Å². The summed E-state index contributed by atoms with van der Waals surface area (Å²) in [5, 5.41) is 9.11. The number of amides is 4. The second-order valence-corrected chi connectivity index (χ2v) is 13.3. The minimum atomic E-state index is -0.901. The van der Waals surface area contributed by atoms with Crippen LogP contribution in [0.25, 0.3) is 11.0 Å². The summed E-state index contributed by atoms with van der Waals surface area (Å²) < 4.78 is 26.6. The largest absolute Gasteiger partial charge is 0.497 e. The van der Waals surface area contributed by atoms with Crippen LogP contribution in [0.4, 0.5) is 10.1 Å². The number of methoxy groups -OCH3 is 1. The van der Waals surface area contributed by atoms with Gasteiger partial charge in [-0.15, -0.1) is 0 Å². The van der Waals surface area contributed by atoms with E-state index in [2.05, 4.69) is 20.9 Å². The number of hydrogen-bond donors (Lipinski definition) is 3. The maximum absolute atomic E-state index is 15.7. The number of benzene rings is 2. The molecule has 12 heteroatoms.